The van der Waals surface area contributed by atoms with E-state index in [0.717, 1.165) is 11.1 Å². The molecule has 0 aromatic heterocycles. The fourth-order valence-electron chi connectivity index (χ4n) is 2.42. The molecule has 0 spiro atoms. The predicted octanol–water partition coefficient (Wildman–Crippen LogP) is 5.09. The van der Waals surface area contributed by atoms with Gasteiger partial charge in [-0.05, 0) is 35.2 Å². The Hall–Kier alpha value is -1.38. The molecule has 0 amide bonds. The average molecular weight is 306 g/mol. The van der Waals surface area contributed by atoms with Gasteiger partial charge in [0.05, 0.1) is 11.1 Å². The lowest BCUT2D eigenvalue weighted by molar-refractivity contribution is 0.589. The van der Waals surface area contributed by atoms with Crippen molar-refractivity contribution in [1.82, 2.24) is 5.32 Å². The summed E-state index contributed by atoms with van der Waals surface area (Å²) in [5, 5.41) is 3.39. The minimum absolute atomic E-state index is 0.115. The molecule has 1 N–H and O–H groups in total. The molecule has 0 saturated heterocycles. The van der Waals surface area contributed by atoms with Gasteiger partial charge in [-0.3, -0.25) is 0 Å². The third-order valence-corrected chi connectivity index (χ3v) is 4.09. The van der Waals surface area contributed by atoms with Crippen molar-refractivity contribution in [2.75, 3.05) is 7.05 Å². The van der Waals surface area contributed by atoms with Crippen molar-refractivity contribution in [3.63, 3.8) is 0 Å². The SMILES string of the molecule is CNC(c1ccc(C(C)(C)C)cc1)c1cccc(F)c1Cl. The Bertz CT molecular complexity index is 614. The van der Waals surface area contributed by atoms with Gasteiger partial charge in [-0.15, -0.1) is 0 Å². The Balaban J connectivity index is 2.40. The highest BCUT2D eigenvalue weighted by Crippen LogP contribution is 2.31. The summed E-state index contributed by atoms with van der Waals surface area (Å²) in [5.74, 6) is -0.388. The quantitative estimate of drug-likeness (QED) is 0.833. The molecule has 112 valence electrons. The predicted molar refractivity (Wildman–Crippen MR) is 87.5 cm³/mol. The van der Waals surface area contributed by atoms with Crippen LogP contribution < -0.4 is 5.32 Å². The van der Waals surface area contributed by atoms with Crippen LogP contribution in [0.1, 0.15) is 43.5 Å². The maximum absolute atomic E-state index is 13.7. The van der Waals surface area contributed by atoms with Crippen molar-refractivity contribution in [3.05, 3.63) is 70.0 Å². The molecule has 0 aliphatic heterocycles. The number of hydrogen-bond donors (Lipinski definition) is 1. The molecule has 3 heteroatoms. The van der Waals surface area contributed by atoms with E-state index < -0.39 is 0 Å². The van der Waals surface area contributed by atoms with Gasteiger partial charge in [-0.1, -0.05) is 68.8 Å². The number of rotatable bonds is 3. The topological polar surface area (TPSA) is 12.0 Å². The Labute approximate surface area is 131 Å². The highest BCUT2D eigenvalue weighted by molar-refractivity contribution is 6.31. The van der Waals surface area contributed by atoms with Crippen LogP contribution in [0.3, 0.4) is 0 Å². The maximum atomic E-state index is 13.7. The minimum atomic E-state index is -0.388. The van der Waals surface area contributed by atoms with Crippen LogP contribution in [-0.2, 0) is 5.41 Å². The molecule has 0 aliphatic carbocycles. The molecule has 2 aromatic rings. The molecule has 0 saturated carbocycles. The van der Waals surface area contributed by atoms with Crippen molar-refractivity contribution < 1.29 is 4.39 Å². The molecular weight excluding hydrogens is 285 g/mol. The molecule has 1 atom stereocenters. The van der Waals surface area contributed by atoms with Gasteiger partial charge in [0.1, 0.15) is 5.82 Å². The van der Waals surface area contributed by atoms with E-state index in [0.29, 0.717) is 0 Å². The van der Waals surface area contributed by atoms with Crippen LogP contribution in [0.4, 0.5) is 4.39 Å². The van der Waals surface area contributed by atoms with E-state index in [9.17, 15) is 4.39 Å². The van der Waals surface area contributed by atoms with Crippen LogP contribution in [0, 0.1) is 5.82 Å². The highest BCUT2D eigenvalue weighted by atomic mass is 35.5. The standard InChI is InChI=1S/C18H21ClFN/c1-18(2,3)13-10-8-12(9-11-13)17(21-4)14-6-5-7-15(20)16(14)19/h5-11,17,21H,1-4H3. The molecule has 1 unspecified atom stereocenters. The Morgan fingerprint density at radius 1 is 1.05 bits per heavy atom. The zero-order valence-corrected chi connectivity index (χ0v) is 13.6. The van der Waals surface area contributed by atoms with Crippen LogP contribution in [0.25, 0.3) is 0 Å². The summed E-state index contributed by atoms with van der Waals surface area (Å²) in [4.78, 5) is 0. The lowest BCUT2D eigenvalue weighted by Crippen LogP contribution is -2.19. The molecule has 0 fully saturated rings. The molecule has 2 aromatic carbocycles. The lowest BCUT2D eigenvalue weighted by Gasteiger charge is -2.22. The molecule has 1 nitrogen and oxygen atoms in total. The number of hydrogen-bond acceptors (Lipinski definition) is 1. The molecule has 2 rings (SSSR count). The highest BCUT2D eigenvalue weighted by Gasteiger charge is 2.19. The number of halogens is 2. The fourth-order valence-corrected chi connectivity index (χ4v) is 2.66. The summed E-state index contributed by atoms with van der Waals surface area (Å²) >= 11 is 6.11. The van der Waals surface area contributed by atoms with E-state index in [1.54, 1.807) is 6.07 Å². The maximum Gasteiger partial charge on any atom is 0.142 e. The monoisotopic (exact) mass is 305 g/mol. The zero-order valence-electron chi connectivity index (χ0n) is 12.9. The van der Waals surface area contributed by atoms with Gasteiger partial charge >= 0.3 is 0 Å². The Kier molecular flexibility index (Phi) is 4.70. The van der Waals surface area contributed by atoms with E-state index in [2.05, 4.69) is 50.4 Å². The van der Waals surface area contributed by atoms with Crippen LogP contribution in [0.5, 0.6) is 0 Å². The first-order chi connectivity index (χ1) is 9.84. The lowest BCUT2D eigenvalue weighted by atomic mass is 9.86. The van der Waals surface area contributed by atoms with E-state index in [1.165, 1.54) is 11.6 Å². The van der Waals surface area contributed by atoms with Gasteiger partial charge in [0.25, 0.3) is 0 Å². The van der Waals surface area contributed by atoms with Gasteiger partial charge in [0.15, 0.2) is 0 Å². The van der Waals surface area contributed by atoms with E-state index in [4.69, 9.17) is 11.6 Å². The summed E-state index contributed by atoms with van der Waals surface area (Å²) < 4.78 is 13.7. The van der Waals surface area contributed by atoms with E-state index >= 15 is 0 Å². The second kappa shape index (κ2) is 6.17. The van der Waals surface area contributed by atoms with Crippen LogP contribution >= 0.6 is 11.6 Å². The largest absolute Gasteiger partial charge is 0.309 e. The average Bonchev–Trinajstić information content (AvgIpc) is 2.44. The van der Waals surface area contributed by atoms with Crippen LogP contribution in [0.15, 0.2) is 42.5 Å². The molecule has 0 bridgehead atoms. The third kappa shape index (κ3) is 3.45. The molecule has 0 heterocycles. The molecule has 21 heavy (non-hydrogen) atoms. The van der Waals surface area contributed by atoms with Gasteiger partial charge < -0.3 is 5.32 Å². The van der Waals surface area contributed by atoms with E-state index in [1.807, 2.05) is 13.1 Å². The van der Waals surface area contributed by atoms with Gasteiger partial charge in [0.2, 0.25) is 0 Å². The Morgan fingerprint density at radius 3 is 2.19 bits per heavy atom. The van der Waals surface area contributed by atoms with Crippen molar-refractivity contribution in [1.29, 1.82) is 0 Å². The molecular formula is C18H21ClFN. The first-order valence-corrected chi connectivity index (χ1v) is 7.44. The first-order valence-electron chi connectivity index (χ1n) is 7.06. The van der Waals surface area contributed by atoms with Crippen LogP contribution in [0.2, 0.25) is 5.02 Å². The first kappa shape index (κ1) is 16.0. The summed E-state index contributed by atoms with van der Waals surface area (Å²) in [7, 11) is 1.85. The molecule has 0 radical (unpaired) electrons. The normalized spacial score (nSPS) is 13.2. The number of benzene rings is 2. The summed E-state index contributed by atoms with van der Waals surface area (Å²) in [6.45, 7) is 6.54. The van der Waals surface area contributed by atoms with Crippen molar-refractivity contribution in [2.45, 2.75) is 32.2 Å². The van der Waals surface area contributed by atoms with Crippen molar-refractivity contribution >= 4 is 11.6 Å². The van der Waals surface area contributed by atoms with Gasteiger partial charge in [0, 0.05) is 0 Å². The van der Waals surface area contributed by atoms with Gasteiger partial charge in [-0.2, -0.15) is 0 Å². The second-order valence-electron chi connectivity index (χ2n) is 6.24. The Morgan fingerprint density at radius 2 is 1.67 bits per heavy atom. The van der Waals surface area contributed by atoms with Crippen molar-refractivity contribution in [3.8, 4) is 0 Å². The summed E-state index contributed by atoms with van der Waals surface area (Å²) in [6, 6.07) is 13.2. The fraction of sp³-hybridized carbons (Fsp3) is 0.333. The number of nitrogens with one attached hydrogen (secondary N) is 1. The third-order valence-electron chi connectivity index (χ3n) is 3.69. The van der Waals surface area contributed by atoms with Crippen molar-refractivity contribution in [2.24, 2.45) is 0 Å². The smallest absolute Gasteiger partial charge is 0.142 e. The summed E-state index contributed by atoms with van der Waals surface area (Å²) in [6.07, 6.45) is 0. The molecule has 0 aliphatic rings. The van der Waals surface area contributed by atoms with Crippen LogP contribution in [-0.4, -0.2) is 7.05 Å². The second-order valence-corrected chi connectivity index (χ2v) is 6.61. The van der Waals surface area contributed by atoms with E-state index in [-0.39, 0.29) is 22.3 Å². The van der Waals surface area contributed by atoms with Gasteiger partial charge in [-0.25, -0.2) is 4.39 Å². The summed E-state index contributed by atoms with van der Waals surface area (Å²) in [5.41, 5.74) is 3.21. The minimum Gasteiger partial charge on any atom is -0.309 e. The zero-order chi connectivity index (χ0) is 15.6.